The van der Waals surface area contributed by atoms with Gasteiger partial charge in [0.25, 0.3) is 0 Å². The fraction of sp³-hybridized carbons (Fsp3) is 0.292. The highest BCUT2D eigenvalue weighted by Crippen LogP contribution is 2.55. The third kappa shape index (κ3) is 2.96. The summed E-state index contributed by atoms with van der Waals surface area (Å²) in [4.78, 5) is 39.6. The molecule has 6 heteroatoms. The fourth-order valence-electron chi connectivity index (χ4n) is 5.09. The average molecular weight is 422 g/mol. The van der Waals surface area contributed by atoms with Crippen molar-refractivity contribution >= 4 is 35.1 Å². The number of hydrogen-bond donors (Lipinski definition) is 0. The summed E-state index contributed by atoms with van der Waals surface area (Å²) in [7, 11) is 0. The first-order chi connectivity index (χ1) is 14.4. The molecule has 0 spiro atoms. The molecule has 0 unspecified atom stereocenters. The number of ether oxygens (including phenoxy) is 1. The lowest BCUT2D eigenvalue weighted by Gasteiger charge is -2.19. The molecule has 152 valence electrons. The third-order valence-electron chi connectivity index (χ3n) is 6.53. The molecular weight excluding hydrogens is 402 g/mol. The highest BCUT2D eigenvalue weighted by atomic mass is 35.5. The van der Waals surface area contributed by atoms with Gasteiger partial charge in [0, 0.05) is 5.02 Å². The van der Waals surface area contributed by atoms with Crippen LogP contribution in [-0.4, -0.2) is 17.8 Å². The Balaban J connectivity index is 1.28. The summed E-state index contributed by atoms with van der Waals surface area (Å²) < 4.78 is 5.33. The van der Waals surface area contributed by atoms with Crippen LogP contribution in [0.1, 0.15) is 29.3 Å². The zero-order valence-corrected chi connectivity index (χ0v) is 17.1. The highest BCUT2D eigenvalue weighted by molar-refractivity contribution is 6.30. The molecule has 2 fully saturated rings. The van der Waals surface area contributed by atoms with Crippen LogP contribution in [0, 0.1) is 23.7 Å². The van der Waals surface area contributed by atoms with Gasteiger partial charge >= 0.3 is 5.97 Å². The lowest BCUT2D eigenvalue weighted by molar-refractivity contribution is -0.123. The molecule has 2 aromatic rings. The van der Waals surface area contributed by atoms with Crippen molar-refractivity contribution in [2.75, 3.05) is 4.90 Å². The van der Waals surface area contributed by atoms with Crippen molar-refractivity contribution in [3.05, 3.63) is 76.3 Å². The van der Waals surface area contributed by atoms with Crippen LogP contribution in [-0.2, 0) is 20.9 Å². The zero-order chi connectivity index (χ0) is 21.0. The Morgan fingerprint density at radius 2 is 1.70 bits per heavy atom. The van der Waals surface area contributed by atoms with Gasteiger partial charge in [0.1, 0.15) is 6.61 Å². The van der Waals surface area contributed by atoms with Gasteiger partial charge in [0.2, 0.25) is 11.8 Å². The summed E-state index contributed by atoms with van der Waals surface area (Å²) in [6.07, 6.45) is 3.06. The number of anilines is 1. The SMILES string of the molecule is CC1=C[C@@H]2C[C@@H]1[C@@H]1C(=O)N(c3ccc(C(=O)OCc4ccc(Cl)cc4)cc3)C(=O)[C@H]12. The van der Waals surface area contributed by atoms with E-state index in [-0.39, 0.29) is 42.1 Å². The Hall–Kier alpha value is -2.92. The topological polar surface area (TPSA) is 63.7 Å². The normalized spacial score (nSPS) is 26.7. The van der Waals surface area contributed by atoms with E-state index in [4.69, 9.17) is 16.3 Å². The van der Waals surface area contributed by atoms with Crippen LogP contribution in [0.4, 0.5) is 5.69 Å². The molecule has 1 saturated heterocycles. The Kier molecular flexibility index (Phi) is 4.51. The van der Waals surface area contributed by atoms with Gasteiger partial charge in [-0.05, 0) is 67.1 Å². The number of nitrogens with zero attached hydrogens (tertiary/aromatic N) is 1. The largest absolute Gasteiger partial charge is 0.457 e. The summed E-state index contributed by atoms with van der Waals surface area (Å²) in [5.74, 6) is -0.841. The second kappa shape index (κ2) is 7.10. The van der Waals surface area contributed by atoms with Gasteiger partial charge in [0.05, 0.1) is 23.1 Å². The molecule has 30 heavy (non-hydrogen) atoms. The molecule has 0 N–H and O–H groups in total. The molecule has 2 bridgehead atoms. The van der Waals surface area contributed by atoms with Gasteiger partial charge in [-0.2, -0.15) is 0 Å². The average Bonchev–Trinajstić information content (AvgIpc) is 3.38. The lowest BCUT2D eigenvalue weighted by Crippen LogP contribution is -2.32. The fourth-order valence-corrected chi connectivity index (χ4v) is 5.21. The number of benzene rings is 2. The monoisotopic (exact) mass is 421 g/mol. The maximum atomic E-state index is 13.0. The minimum atomic E-state index is -0.467. The predicted octanol–water partition coefficient (Wildman–Crippen LogP) is 4.40. The molecule has 1 saturated carbocycles. The van der Waals surface area contributed by atoms with Gasteiger partial charge in [-0.1, -0.05) is 35.4 Å². The standard InChI is InChI=1S/C24H20ClNO4/c1-13-10-16-11-19(13)21-20(16)22(27)26(23(21)28)18-8-4-15(5-9-18)24(29)30-12-14-2-6-17(25)7-3-14/h2-10,16,19-21H,11-12H2,1H3/t16-,19+,20+,21+/m1/s1. The maximum absolute atomic E-state index is 13.0. The number of halogens is 1. The first-order valence-electron chi connectivity index (χ1n) is 10.0. The number of allylic oxidation sites excluding steroid dienone is 2. The quantitative estimate of drug-likeness (QED) is 0.417. The Bertz CT molecular complexity index is 1070. The summed E-state index contributed by atoms with van der Waals surface area (Å²) >= 11 is 5.85. The number of amides is 2. The van der Waals surface area contributed by atoms with Crippen molar-refractivity contribution < 1.29 is 19.1 Å². The summed E-state index contributed by atoms with van der Waals surface area (Å²) in [5.41, 5.74) is 2.93. The molecule has 0 radical (unpaired) electrons. The number of imide groups is 1. The van der Waals surface area contributed by atoms with Crippen LogP contribution in [0.5, 0.6) is 0 Å². The Morgan fingerprint density at radius 1 is 1.03 bits per heavy atom. The van der Waals surface area contributed by atoms with Crippen molar-refractivity contribution in [3.63, 3.8) is 0 Å². The van der Waals surface area contributed by atoms with Gasteiger partial charge in [-0.25, -0.2) is 4.79 Å². The van der Waals surface area contributed by atoms with Crippen LogP contribution < -0.4 is 4.90 Å². The van der Waals surface area contributed by atoms with Crippen molar-refractivity contribution in [3.8, 4) is 0 Å². The van der Waals surface area contributed by atoms with Gasteiger partial charge in [-0.3, -0.25) is 14.5 Å². The second-order valence-electron chi connectivity index (χ2n) is 8.23. The molecule has 1 heterocycles. The van der Waals surface area contributed by atoms with E-state index in [9.17, 15) is 14.4 Å². The zero-order valence-electron chi connectivity index (χ0n) is 16.4. The third-order valence-corrected chi connectivity index (χ3v) is 6.78. The molecule has 2 aliphatic carbocycles. The number of fused-ring (bicyclic) bond motifs is 5. The first-order valence-corrected chi connectivity index (χ1v) is 10.4. The molecule has 2 amide bonds. The minimum absolute atomic E-state index is 0.122. The van der Waals surface area contributed by atoms with Crippen molar-refractivity contribution in [2.45, 2.75) is 20.0 Å². The van der Waals surface area contributed by atoms with E-state index in [0.29, 0.717) is 16.3 Å². The number of rotatable bonds is 4. The van der Waals surface area contributed by atoms with Crippen molar-refractivity contribution in [1.29, 1.82) is 0 Å². The number of carbonyl (C=O) groups is 3. The Labute approximate surface area is 179 Å². The van der Waals surface area contributed by atoms with E-state index >= 15 is 0 Å². The van der Waals surface area contributed by atoms with E-state index in [1.807, 2.05) is 6.92 Å². The van der Waals surface area contributed by atoms with E-state index < -0.39 is 5.97 Å². The second-order valence-corrected chi connectivity index (χ2v) is 8.67. The lowest BCUT2D eigenvalue weighted by atomic mass is 9.82. The molecule has 0 aromatic heterocycles. The van der Waals surface area contributed by atoms with Crippen LogP contribution in [0.25, 0.3) is 0 Å². The summed E-state index contributed by atoms with van der Waals surface area (Å²) in [5, 5.41) is 0.620. The van der Waals surface area contributed by atoms with Gasteiger partial charge in [0.15, 0.2) is 0 Å². The number of esters is 1. The van der Waals surface area contributed by atoms with Crippen LogP contribution >= 0.6 is 11.6 Å². The van der Waals surface area contributed by atoms with E-state index in [1.165, 1.54) is 10.5 Å². The van der Waals surface area contributed by atoms with E-state index in [2.05, 4.69) is 6.08 Å². The number of hydrogen-bond acceptors (Lipinski definition) is 4. The molecular formula is C24H20ClNO4. The van der Waals surface area contributed by atoms with E-state index in [0.717, 1.165) is 12.0 Å². The van der Waals surface area contributed by atoms with Crippen molar-refractivity contribution in [2.24, 2.45) is 23.7 Å². The molecule has 1 aliphatic heterocycles. The molecule has 2 aromatic carbocycles. The molecule has 5 rings (SSSR count). The molecule has 4 atom stereocenters. The number of carbonyl (C=O) groups excluding carboxylic acids is 3. The molecule has 3 aliphatic rings. The smallest absolute Gasteiger partial charge is 0.338 e. The summed E-state index contributed by atoms with van der Waals surface area (Å²) in [6, 6.07) is 13.5. The van der Waals surface area contributed by atoms with Crippen LogP contribution in [0.3, 0.4) is 0 Å². The van der Waals surface area contributed by atoms with Crippen molar-refractivity contribution in [1.82, 2.24) is 0 Å². The predicted molar refractivity (Wildman–Crippen MR) is 112 cm³/mol. The van der Waals surface area contributed by atoms with Crippen LogP contribution in [0.15, 0.2) is 60.2 Å². The highest BCUT2D eigenvalue weighted by Gasteiger charge is 2.60. The molecule has 5 nitrogen and oxygen atoms in total. The van der Waals surface area contributed by atoms with Gasteiger partial charge < -0.3 is 4.74 Å². The maximum Gasteiger partial charge on any atom is 0.338 e. The Morgan fingerprint density at radius 3 is 2.40 bits per heavy atom. The van der Waals surface area contributed by atoms with Crippen LogP contribution in [0.2, 0.25) is 5.02 Å². The first kappa shape index (κ1) is 19.1. The van der Waals surface area contributed by atoms with E-state index in [1.54, 1.807) is 48.5 Å². The summed E-state index contributed by atoms with van der Waals surface area (Å²) in [6.45, 7) is 2.19. The minimum Gasteiger partial charge on any atom is -0.457 e. The van der Waals surface area contributed by atoms with Gasteiger partial charge in [-0.15, -0.1) is 0 Å².